The summed E-state index contributed by atoms with van der Waals surface area (Å²) in [5.74, 6) is -0.0722. The van der Waals surface area contributed by atoms with Crippen molar-refractivity contribution in [3.05, 3.63) is 35.6 Å². The highest BCUT2D eigenvalue weighted by atomic mass is 19.1. The minimum Gasteiger partial charge on any atom is -0.317 e. The molecule has 0 aliphatic carbocycles. The summed E-state index contributed by atoms with van der Waals surface area (Å²) in [5, 5.41) is 3.25. The van der Waals surface area contributed by atoms with Gasteiger partial charge in [-0.25, -0.2) is 4.39 Å². The third-order valence-electron chi connectivity index (χ3n) is 3.53. The van der Waals surface area contributed by atoms with Gasteiger partial charge < -0.3 is 5.32 Å². The average molecular weight is 221 g/mol. The van der Waals surface area contributed by atoms with Gasteiger partial charge in [0.15, 0.2) is 0 Å². The molecule has 1 aromatic rings. The molecule has 1 aromatic carbocycles. The van der Waals surface area contributed by atoms with Crippen LogP contribution >= 0.6 is 0 Å². The fourth-order valence-corrected chi connectivity index (χ4v) is 2.47. The van der Waals surface area contributed by atoms with Crippen molar-refractivity contribution in [1.29, 1.82) is 0 Å². The average Bonchev–Trinajstić information content (AvgIpc) is 2.30. The van der Waals surface area contributed by atoms with Crippen LogP contribution in [-0.4, -0.2) is 18.9 Å². The van der Waals surface area contributed by atoms with Crippen molar-refractivity contribution in [2.75, 3.05) is 13.1 Å². The van der Waals surface area contributed by atoms with Gasteiger partial charge in [-0.15, -0.1) is 0 Å². The zero-order chi connectivity index (χ0) is 11.6. The maximum absolute atomic E-state index is 12.9. The molecule has 1 heterocycles. The van der Waals surface area contributed by atoms with E-state index in [1.807, 2.05) is 0 Å². The molecule has 1 aliphatic heterocycles. The summed E-state index contributed by atoms with van der Waals surface area (Å²) >= 11 is 0. The molecule has 0 atom stereocenters. The number of carbonyl (C=O) groups excluding carboxylic acids is 1. The predicted octanol–water partition coefficient (Wildman–Crippen LogP) is 2.04. The van der Waals surface area contributed by atoms with Crippen LogP contribution in [0.25, 0.3) is 0 Å². The Morgan fingerprint density at radius 1 is 1.25 bits per heavy atom. The maximum atomic E-state index is 12.9. The summed E-state index contributed by atoms with van der Waals surface area (Å²) < 4.78 is 12.9. The van der Waals surface area contributed by atoms with Crippen LogP contribution in [0.2, 0.25) is 0 Å². The number of halogens is 1. The number of hydrogen-bond acceptors (Lipinski definition) is 2. The number of ketones is 1. The van der Waals surface area contributed by atoms with Gasteiger partial charge in [-0.1, -0.05) is 12.1 Å². The van der Waals surface area contributed by atoms with E-state index in [1.54, 1.807) is 19.1 Å². The van der Waals surface area contributed by atoms with E-state index in [2.05, 4.69) is 5.32 Å². The van der Waals surface area contributed by atoms with E-state index in [-0.39, 0.29) is 11.6 Å². The van der Waals surface area contributed by atoms with Gasteiger partial charge in [0.1, 0.15) is 11.6 Å². The first-order valence-corrected chi connectivity index (χ1v) is 5.63. The molecule has 3 heteroatoms. The van der Waals surface area contributed by atoms with Gasteiger partial charge in [0.2, 0.25) is 0 Å². The van der Waals surface area contributed by atoms with Crippen LogP contribution in [0.4, 0.5) is 4.39 Å². The van der Waals surface area contributed by atoms with E-state index in [1.165, 1.54) is 12.1 Å². The number of nitrogens with one attached hydrogen (secondary N) is 1. The molecule has 16 heavy (non-hydrogen) atoms. The molecule has 0 saturated carbocycles. The fourth-order valence-electron chi connectivity index (χ4n) is 2.47. The van der Waals surface area contributed by atoms with Gasteiger partial charge in [0.05, 0.1) is 5.41 Å². The Labute approximate surface area is 94.9 Å². The summed E-state index contributed by atoms with van der Waals surface area (Å²) in [4.78, 5) is 11.9. The van der Waals surface area contributed by atoms with Gasteiger partial charge in [-0.05, 0) is 50.6 Å². The first-order valence-electron chi connectivity index (χ1n) is 5.63. The molecule has 1 aliphatic rings. The molecule has 1 fully saturated rings. The Kier molecular flexibility index (Phi) is 3.06. The molecule has 0 radical (unpaired) electrons. The van der Waals surface area contributed by atoms with Crippen molar-refractivity contribution in [2.45, 2.75) is 25.2 Å². The summed E-state index contributed by atoms with van der Waals surface area (Å²) in [6.07, 6.45) is 1.60. The third kappa shape index (κ3) is 1.87. The van der Waals surface area contributed by atoms with E-state index in [0.717, 1.165) is 31.5 Å². The van der Waals surface area contributed by atoms with Crippen LogP contribution < -0.4 is 5.32 Å². The lowest BCUT2D eigenvalue weighted by Gasteiger charge is -2.35. The molecule has 0 bridgehead atoms. The number of carbonyl (C=O) groups is 1. The van der Waals surface area contributed by atoms with Crippen molar-refractivity contribution in [3.8, 4) is 0 Å². The lowest BCUT2D eigenvalue weighted by atomic mass is 9.70. The quantitative estimate of drug-likeness (QED) is 0.828. The summed E-state index contributed by atoms with van der Waals surface area (Å²) in [7, 11) is 0. The molecule has 86 valence electrons. The second-order valence-corrected chi connectivity index (χ2v) is 4.40. The Morgan fingerprint density at radius 2 is 1.81 bits per heavy atom. The largest absolute Gasteiger partial charge is 0.317 e. The Hall–Kier alpha value is -1.22. The lowest BCUT2D eigenvalue weighted by molar-refractivity contribution is -0.123. The molecule has 2 nitrogen and oxygen atoms in total. The molecular formula is C13H16FNO. The predicted molar refractivity (Wildman–Crippen MR) is 60.9 cm³/mol. The van der Waals surface area contributed by atoms with Crippen LogP contribution in [0.1, 0.15) is 25.3 Å². The smallest absolute Gasteiger partial charge is 0.140 e. The molecular weight excluding hydrogens is 205 g/mol. The zero-order valence-electron chi connectivity index (χ0n) is 9.42. The van der Waals surface area contributed by atoms with Crippen molar-refractivity contribution < 1.29 is 9.18 Å². The van der Waals surface area contributed by atoms with E-state index < -0.39 is 5.41 Å². The highest BCUT2D eigenvalue weighted by Gasteiger charge is 2.38. The molecule has 0 aromatic heterocycles. The Morgan fingerprint density at radius 3 is 2.31 bits per heavy atom. The van der Waals surface area contributed by atoms with Crippen molar-refractivity contribution >= 4 is 5.78 Å². The van der Waals surface area contributed by atoms with Gasteiger partial charge in [0.25, 0.3) is 0 Å². The molecule has 1 saturated heterocycles. The lowest BCUT2D eigenvalue weighted by Crippen LogP contribution is -2.44. The van der Waals surface area contributed by atoms with Crippen molar-refractivity contribution in [3.63, 3.8) is 0 Å². The highest BCUT2D eigenvalue weighted by Crippen LogP contribution is 2.34. The van der Waals surface area contributed by atoms with Crippen LogP contribution in [0.5, 0.6) is 0 Å². The first-order chi connectivity index (χ1) is 7.65. The van der Waals surface area contributed by atoms with Gasteiger partial charge >= 0.3 is 0 Å². The van der Waals surface area contributed by atoms with E-state index in [0.29, 0.717) is 0 Å². The topological polar surface area (TPSA) is 29.1 Å². The number of hydrogen-bond donors (Lipinski definition) is 1. The number of rotatable bonds is 2. The minimum atomic E-state index is -0.404. The standard InChI is InChI=1S/C13H16FNO/c1-10(16)13(6-8-15-9-7-13)11-2-4-12(14)5-3-11/h2-5,15H,6-9H2,1H3. The van der Waals surface area contributed by atoms with E-state index >= 15 is 0 Å². The van der Waals surface area contributed by atoms with Gasteiger partial charge in [-0.2, -0.15) is 0 Å². The monoisotopic (exact) mass is 221 g/mol. The summed E-state index contributed by atoms with van der Waals surface area (Å²) in [6.45, 7) is 3.32. The van der Waals surface area contributed by atoms with Gasteiger partial charge in [0, 0.05) is 0 Å². The normalized spacial score (nSPS) is 19.4. The van der Waals surface area contributed by atoms with Crippen LogP contribution in [0.3, 0.4) is 0 Å². The Bertz CT molecular complexity index is 379. The summed E-state index contributed by atoms with van der Waals surface area (Å²) in [6, 6.07) is 6.34. The van der Waals surface area contributed by atoms with Gasteiger partial charge in [-0.3, -0.25) is 4.79 Å². The minimum absolute atomic E-state index is 0.181. The zero-order valence-corrected chi connectivity index (χ0v) is 9.42. The maximum Gasteiger partial charge on any atom is 0.140 e. The number of benzene rings is 1. The fraction of sp³-hybridized carbons (Fsp3) is 0.462. The molecule has 0 amide bonds. The highest BCUT2D eigenvalue weighted by molar-refractivity contribution is 5.88. The second-order valence-electron chi connectivity index (χ2n) is 4.40. The van der Waals surface area contributed by atoms with E-state index in [4.69, 9.17) is 0 Å². The van der Waals surface area contributed by atoms with Crippen LogP contribution in [0, 0.1) is 5.82 Å². The molecule has 0 spiro atoms. The van der Waals surface area contributed by atoms with Crippen LogP contribution in [-0.2, 0) is 10.2 Å². The molecule has 2 rings (SSSR count). The van der Waals surface area contributed by atoms with Crippen LogP contribution in [0.15, 0.2) is 24.3 Å². The molecule has 0 unspecified atom stereocenters. The second kappa shape index (κ2) is 4.34. The van der Waals surface area contributed by atoms with E-state index in [9.17, 15) is 9.18 Å². The molecule has 1 N–H and O–H groups in total. The first kappa shape index (κ1) is 11.3. The van der Waals surface area contributed by atoms with Crippen molar-refractivity contribution in [2.24, 2.45) is 0 Å². The third-order valence-corrected chi connectivity index (χ3v) is 3.53. The Balaban J connectivity index is 2.38. The number of piperidine rings is 1. The van der Waals surface area contributed by atoms with Crippen molar-refractivity contribution in [1.82, 2.24) is 5.32 Å². The number of Topliss-reactive ketones (excluding diaryl/α,β-unsaturated/α-hetero) is 1. The summed E-state index contributed by atoms with van der Waals surface area (Å²) in [5.41, 5.74) is 0.543. The SMILES string of the molecule is CC(=O)C1(c2ccc(F)cc2)CCNCC1.